The quantitative estimate of drug-likeness (QED) is 0.685. The lowest BCUT2D eigenvalue weighted by Gasteiger charge is -2.03. The number of rotatable bonds is 4. The molecule has 1 aromatic carbocycles. The van der Waals surface area contributed by atoms with Crippen LogP contribution < -0.4 is 0 Å². The van der Waals surface area contributed by atoms with Crippen LogP contribution in [0.4, 0.5) is 0 Å². The highest BCUT2D eigenvalue weighted by atomic mass is 35.5. The predicted octanol–water partition coefficient (Wildman–Crippen LogP) is 2.67. The first-order valence-electron chi connectivity index (χ1n) is 4.63. The highest BCUT2D eigenvalue weighted by Gasteiger charge is 2.13. The van der Waals surface area contributed by atoms with E-state index in [1.54, 1.807) is 12.1 Å². The van der Waals surface area contributed by atoms with E-state index in [-0.39, 0.29) is 10.6 Å². The molecular weight excluding hydrogens is 267 g/mol. The van der Waals surface area contributed by atoms with E-state index in [9.17, 15) is 9.36 Å². The summed E-state index contributed by atoms with van der Waals surface area (Å²) in [6.07, 6.45) is 1.48. The number of carbonyl (C=O) groups is 1. The van der Waals surface area contributed by atoms with Gasteiger partial charge in [-0.25, -0.2) is 0 Å². The summed E-state index contributed by atoms with van der Waals surface area (Å²) < 4.78 is 19.9. The second-order valence-electron chi connectivity index (χ2n) is 3.27. The van der Waals surface area contributed by atoms with Crippen molar-refractivity contribution in [1.29, 1.82) is 0 Å². The normalized spacial score (nSPS) is 12.8. The molecule has 0 saturated carbocycles. The number of halogens is 1. The third kappa shape index (κ3) is 2.76. The van der Waals surface area contributed by atoms with Crippen LogP contribution in [0.2, 0.25) is 5.02 Å². The van der Waals surface area contributed by atoms with Gasteiger partial charge in [0.1, 0.15) is 12.2 Å². The summed E-state index contributed by atoms with van der Waals surface area (Å²) in [5.74, 6) is -0.453. The van der Waals surface area contributed by atoms with E-state index in [2.05, 4.69) is 4.52 Å². The molecule has 2 aromatic rings. The molecule has 0 spiro atoms. The molecule has 7 heteroatoms. The van der Waals surface area contributed by atoms with E-state index in [1.807, 2.05) is 0 Å². The lowest BCUT2D eigenvalue weighted by atomic mass is 10.1. The van der Waals surface area contributed by atoms with Crippen molar-refractivity contribution in [2.45, 2.75) is 0 Å². The van der Waals surface area contributed by atoms with Crippen LogP contribution in [0.15, 0.2) is 28.9 Å². The van der Waals surface area contributed by atoms with Crippen LogP contribution in [0.5, 0.6) is 0 Å². The van der Waals surface area contributed by atoms with Gasteiger partial charge < -0.3 is 13.8 Å². The number of ketones is 1. The van der Waals surface area contributed by atoms with Gasteiger partial charge in [0, 0.05) is 17.0 Å². The van der Waals surface area contributed by atoms with Crippen molar-refractivity contribution in [3.63, 3.8) is 0 Å². The van der Waals surface area contributed by atoms with Crippen molar-refractivity contribution < 1.29 is 23.2 Å². The molecule has 0 amide bonds. The maximum absolute atomic E-state index is 11.7. The molecule has 1 atom stereocenters. The van der Waals surface area contributed by atoms with Crippen molar-refractivity contribution >= 4 is 36.6 Å². The van der Waals surface area contributed by atoms with Crippen molar-refractivity contribution in [3.8, 4) is 0 Å². The average Bonchev–Trinajstić information content (AvgIpc) is 2.71. The molecular formula is C10H8ClO5P. The molecule has 0 saturated heterocycles. The summed E-state index contributed by atoms with van der Waals surface area (Å²) in [4.78, 5) is 20.1. The van der Waals surface area contributed by atoms with Gasteiger partial charge in [-0.05, 0) is 12.1 Å². The molecule has 0 aliphatic rings. The Morgan fingerprint density at radius 1 is 1.53 bits per heavy atom. The third-order valence-corrected chi connectivity index (χ3v) is 2.87. The molecule has 0 bridgehead atoms. The molecule has 1 N–H and O–H groups in total. The predicted molar refractivity (Wildman–Crippen MR) is 62.7 cm³/mol. The Bertz CT molecular complexity index is 591. The van der Waals surface area contributed by atoms with E-state index in [0.717, 1.165) is 5.39 Å². The minimum absolute atomic E-state index is 0.221. The molecule has 0 fully saturated rings. The van der Waals surface area contributed by atoms with Crippen LogP contribution in [0.3, 0.4) is 0 Å². The van der Waals surface area contributed by atoms with E-state index < -0.39 is 20.6 Å². The summed E-state index contributed by atoms with van der Waals surface area (Å²) in [6, 6.07) is 4.77. The topological polar surface area (TPSA) is 76.7 Å². The fourth-order valence-corrected chi connectivity index (χ4v) is 1.92. The Morgan fingerprint density at radius 2 is 2.29 bits per heavy atom. The first-order chi connectivity index (χ1) is 8.08. The molecule has 0 aliphatic heterocycles. The SMILES string of the molecule is O=C(CO[PH](=O)O)c1cc2ccoc2cc1Cl. The zero-order valence-corrected chi connectivity index (χ0v) is 10.2. The van der Waals surface area contributed by atoms with Crippen molar-refractivity contribution in [3.05, 3.63) is 35.0 Å². The minimum Gasteiger partial charge on any atom is -0.464 e. The maximum atomic E-state index is 11.7. The molecule has 90 valence electrons. The molecule has 1 unspecified atom stereocenters. The van der Waals surface area contributed by atoms with Crippen LogP contribution in [-0.2, 0) is 9.09 Å². The van der Waals surface area contributed by atoms with Gasteiger partial charge in [-0.1, -0.05) is 11.6 Å². The monoisotopic (exact) mass is 274 g/mol. The summed E-state index contributed by atoms with van der Waals surface area (Å²) in [7, 11) is -3.11. The van der Waals surface area contributed by atoms with Crippen LogP contribution >= 0.6 is 19.9 Å². The second-order valence-corrected chi connectivity index (χ2v) is 4.50. The zero-order chi connectivity index (χ0) is 12.4. The fourth-order valence-electron chi connectivity index (χ4n) is 1.40. The molecule has 17 heavy (non-hydrogen) atoms. The molecule has 0 aliphatic carbocycles. The zero-order valence-electron chi connectivity index (χ0n) is 8.47. The summed E-state index contributed by atoms with van der Waals surface area (Å²) in [5.41, 5.74) is 0.812. The van der Waals surface area contributed by atoms with Gasteiger partial charge in [0.25, 0.3) is 0 Å². The molecule has 0 radical (unpaired) electrons. The van der Waals surface area contributed by atoms with Crippen molar-refractivity contribution in [2.24, 2.45) is 0 Å². The number of hydrogen-bond acceptors (Lipinski definition) is 4. The summed E-state index contributed by atoms with van der Waals surface area (Å²) in [5, 5.41) is 0.952. The van der Waals surface area contributed by atoms with E-state index in [4.69, 9.17) is 20.9 Å². The maximum Gasteiger partial charge on any atom is 0.317 e. The minimum atomic E-state index is -3.11. The smallest absolute Gasteiger partial charge is 0.317 e. The van der Waals surface area contributed by atoms with Crippen LogP contribution in [-0.4, -0.2) is 17.3 Å². The largest absolute Gasteiger partial charge is 0.464 e. The van der Waals surface area contributed by atoms with Gasteiger partial charge in [-0.2, -0.15) is 0 Å². The van der Waals surface area contributed by atoms with Gasteiger partial charge in [-0.3, -0.25) is 9.36 Å². The number of Topliss-reactive ketones (excluding diaryl/α,β-unsaturated/α-hetero) is 1. The first kappa shape index (κ1) is 12.3. The van der Waals surface area contributed by atoms with E-state index in [1.165, 1.54) is 12.3 Å². The number of carbonyl (C=O) groups excluding carboxylic acids is 1. The van der Waals surface area contributed by atoms with Gasteiger partial charge in [-0.15, -0.1) is 0 Å². The highest BCUT2D eigenvalue weighted by molar-refractivity contribution is 7.32. The van der Waals surface area contributed by atoms with Crippen LogP contribution in [0, 0.1) is 0 Å². The Morgan fingerprint density at radius 3 is 3.00 bits per heavy atom. The van der Waals surface area contributed by atoms with Gasteiger partial charge in [0.15, 0.2) is 5.78 Å². The Balaban J connectivity index is 2.30. The molecule has 5 nitrogen and oxygen atoms in total. The number of benzene rings is 1. The van der Waals surface area contributed by atoms with Crippen LogP contribution in [0.25, 0.3) is 11.0 Å². The summed E-state index contributed by atoms with van der Waals surface area (Å²) in [6.45, 7) is -0.475. The third-order valence-electron chi connectivity index (χ3n) is 2.17. The number of fused-ring (bicyclic) bond motifs is 1. The van der Waals surface area contributed by atoms with Crippen molar-refractivity contribution in [2.75, 3.05) is 6.61 Å². The van der Waals surface area contributed by atoms with Gasteiger partial charge in [0.05, 0.1) is 11.3 Å². The lowest BCUT2D eigenvalue weighted by Crippen LogP contribution is -2.06. The highest BCUT2D eigenvalue weighted by Crippen LogP contribution is 2.26. The number of furan rings is 1. The lowest BCUT2D eigenvalue weighted by molar-refractivity contribution is 0.0917. The number of hydrogen-bond donors (Lipinski definition) is 1. The first-order valence-corrected chi connectivity index (χ1v) is 6.28. The van der Waals surface area contributed by atoms with Crippen molar-refractivity contribution in [1.82, 2.24) is 0 Å². The van der Waals surface area contributed by atoms with Gasteiger partial charge in [0.2, 0.25) is 0 Å². The molecule has 1 heterocycles. The second kappa shape index (κ2) is 5.02. The Hall–Kier alpha value is -1.13. The Labute approximate surface area is 102 Å². The fraction of sp³-hybridized carbons (Fsp3) is 0.100. The molecule has 2 rings (SSSR count). The van der Waals surface area contributed by atoms with Gasteiger partial charge >= 0.3 is 8.25 Å². The summed E-state index contributed by atoms with van der Waals surface area (Å²) >= 11 is 5.90. The standard InChI is InChI=1S/C10H8ClO5P/c11-8-4-10-6(1-2-15-10)3-7(8)9(12)5-16-17(13)14/h1-4,17H,5H2,(H,13,14). The Kier molecular flexibility index (Phi) is 3.64. The van der Waals surface area contributed by atoms with Crippen LogP contribution in [0.1, 0.15) is 10.4 Å². The van der Waals surface area contributed by atoms with E-state index >= 15 is 0 Å². The van der Waals surface area contributed by atoms with E-state index in [0.29, 0.717) is 5.58 Å². The average molecular weight is 275 g/mol. The molecule has 1 aromatic heterocycles.